The fourth-order valence-electron chi connectivity index (χ4n) is 1.59. The lowest BCUT2D eigenvalue weighted by atomic mass is 10.3. The summed E-state index contributed by atoms with van der Waals surface area (Å²) < 4.78 is 76.2. The molecule has 0 aliphatic rings. The van der Waals surface area contributed by atoms with Crippen LogP contribution in [-0.2, 0) is 10.0 Å². The minimum absolute atomic E-state index is 0.0920. The average Bonchev–Trinajstić information content (AvgIpc) is 2.29. The van der Waals surface area contributed by atoms with E-state index >= 15 is 0 Å². The first-order valence-corrected chi connectivity index (χ1v) is 7.92. The van der Waals surface area contributed by atoms with E-state index in [0.717, 1.165) is 12.1 Å². The Kier molecular flexibility index (Phi) is 5.27. The largest absolute Gasteiger partial charge is 0.402 e. The first-order chi connectivity index (χ1) is 9.36. The van der Waals surface area contributed by atoms with Gasteiger partial charge in [0, 0.05) is 16.2 Å². The maximum absolute atomic E-state index is 13.8. The quantitative estimate of drug-likeness (QED) is 0.632. The molecule has 1 aromatic carbocycles. The molecule has 0 spiro atoms. The van der Waals surface area contributed by atoms with Crippen LogP contribution in [0.4, 0.5) is 23.2 Å². The van der Waals surface area contributed by atoms with Gasteiger partial charge in [0.15, 0.2) is 0 Å². The number of nitrogens with two attached hydrogens (primary N) is 1. The SMILES string of the molecule is CC(C)N(CC(F)(F)F)S(=O)(=O)c1cc(N)c(Br)cc1F. The highest BCUT2D eigenvalue weighted by Crippen LogP contribution is 2.30. The van der Waals surface area contributed by atoms with Crippen LogP contribution in [0.1, 0.15) is 13.8 Å². The third kappa shape index (κ3) is 4.30. The molecule has 0 aliphatic heterocycles. The highest BCUT2D eigenvalue weighted by Gasteiger charge is 2.39. The molecule has 0 bridgehead atoms. The number of hydrogen-bond acceptors (Lipinski definition) is 3. The van der Waals surface area contributed by atoms with Crippen molar-refractivity contribution in [3.05, 3.63) is 22.4 Å². The van der Waals surface area contributed by atoms with E-state index in [0.29, 0.717) is 0 Å². The van der Waals surface area contributed by atoms with Crippen LogP contribution in [-0.4, -0.2) is 31.5 Å². The van der Waals surface area contributed by atoms with Gasteiger partial charge in [-0.2, -0.15) is 17.5 Å². The molecule has 1 rings (SSSR count). The number of alkyl halides is 3. The highest BCUT2D eigenvalue weighted by molar-refractivity contribution is 9.10. The Hall–Kier alpha value is -0.870. The molecule has 10 heteroatoms. The number of benzene rings is 1. The molecule has 0 heterocycles. The lowest BCUT2D eigenvalue weighted by molar-refractivity contribution is -0.138. The molecule has 0 aromatic heterocycles. The standard InChI is InChI=1S/C11H13BrF4N2O2S/c1-6(2)18(5-11(14,15)16)21(19,20)10-4-9(17)7(12)3-8(10)13/h3-4,6H,5,17H2,1-2H3. The second-order valence-corrected chi connectivity index (χ2v) is 7.28. The monoisotopic (exact) mass is 392 g/mol. The Morgan fingerprint density at radius 2 is 1.86 bits per heavy atom. The van der Waals surface area contributed by atoms with E-state index in [1.54, 1.807) is 0 Å². The smallest absolute Gasteiger partial charge is 0.398 e. The minimum atomic E-state index is -4.74. The normalized spacial score (nSPS) is 13.2. The second kappa shape index (κ2) is 6.09. The van der Waals surface area contributed by atoms with Gasteiger partial charge in [0.2, 0.25) is 10.0 Å². The van der Waals surface area contributed by atoms with Gasteiger partial charge in [-0.25, -0.2) is 12.8 Å². The number of nitrogens with zero attached hydrogens (tertiary/aromatic N) is 1. The first kappa shape index (κ1) is 18.2. The zero-order chi connectivity index (χ0) is 16.6. The van der Waals surface area contributed by atoms with Gasteiger partial charge in [-0.3, -0.25) is 0 Å². The predicted molar refractivity (Wildman–Crippen MR) is 73.6 cm³/mol. The van der Waals surface area contributed by atoms with E-state index in [-0.39, 0.29) is 14.5 Å². The summed E-state index contributed by atoms with van der Waals surface area (Å²) in [6, 6.07) is 0.593. The molecule has 0 atom stereocenters. The summed E-state index contributed by atoms with van der Waals surface area (Å²) in [5.41, 5.74) is 5.38. The van der Waals surface area contributed by atoms with Crippen LogP contribution in [0.15, 0.2) is 21.5 Å². The molecule has 120 valence electrons. The van der Waals surface area contributed by atoms with Crippen molar-refractivity contribution in [3.63, 3.8) is 0 Å². The number of sulfonamides is 1. The van der Waals surface area contributed by atoms with E-state index in [9.17, 15) is 26.0 Å². The van der Waals surface area contributed by atoms with Crippen molar-refractivity contribution in [3.8, 4) is 0 Å². The fraction of sp³-hybridized carbons (Fsp3) is 0.455. The molecule has 0 unspecified atom stereocenters. The average molecular weight is 393 g/mol. The summed E-state index contributed by atoms with van der Waals surface area (Å²) in [6.07, 6.45) is -4.74. The third-order valence-corrected chi connectivity index (χ3v) is 5.27. The number of rotatable bonds is 4. The van der Waals surface area contributed by atoms with E-state index in [4.69, 9.17) is 5.73 Å². The molecular weight excluding hydrogens is 380 g/mol. The Bertz CT molecular complexity index is 632. The molecule has 4 nitrogen and oxygen atoms in total. The Morgan fingerprint density at radius 3 is 2.29 bits per heavy atom. The van der Waals surface area contributed by atoms with Gasteiger partial charge < -0.3 is 5.73 Å². The molecule has 0 aliphatic carbocycles. The van der Waals surface area contributed by atoms with E-state index in [1.165, 1.54) is 13.8 Å². The van der Waals surface area contributed by atoms with Gasteiger partial charge in [-0.1, -0.05) is 0 Å². The number of hydrogen-bond donors (Lipinski definition) is 1. The van der Waals surface area contributed by atoms with Gasteiger partial charge in [-0.15, -0.1) is 0 Å². The van der Waals surface area contributed by atoms with Gasteiger partial charge in [-0.05, 0) is 41.9 Å². The van der Waals surface area contributed by atoms with Crippen LogP contribution in [0.2, 0.25) is 0 Å². The minimum Gasteiger partial charge on any atom is -0.398 e. The Morgan fingerprint density at radius 1 is 1.33 bits per heavy atom. The molecule has 0 radical (unpaired) electrons. The third-order valence-electron chi connectivity index (χ3n) is 2.55. The maximum Gasteiger partial charge on any atom is 0.402 e. The summed E-state index contributed by atoms with van der Waals surface area (Å²) in [5, 5.41) is 0. The van der Waals surface area contributed by atoms with E-state index < -0.39 is 39.5 Å². The van der Waals surface area contributed by atoms with Crippen molar-refractivity contribution in [2.45, 2.75) is 31.0 Å². The van der Waals surface area contributed by atoms with Crippen LogP contribution in [0.25, 0.3) is 0 Å². The van der Waals surface area contributed by atoms with Crippen LogP contribution >= 0.6 is 15.9 Å². The van der Waals surface area contributed by atoms with Crippen molar-refractivity contribution in [1.29, 1.82) is 0 Å². The predicted octanol–water partition coefficient (Wildman–Crippen LogP) is 3.13. The van der Waals surface area contributed by atoms with Crippen LogP contribution in [0.5, 0.6) is 0 Å². The topological polar surface area (TPSA) is 63.4 Å². The summed E-state index contributed by atoms with van der Waals surface area (Å²) >= 11 is 2.91. The first-order valence-electron chi connectivity index (χ1n) is 5.69. The number of nitrogen functional groups attached to an aromatic ring is 1. The highest BCUT2D eigenvalue weighted by atomic mass is 79.9. The van der Waals surface area contributed by atoms with E-state index in [2.05, 4.69) is 15.9 Å². The molecule has 0 saturated carbocycles. The van der Waals surface area contributed by atoms with Crippen LogP contribution in [0.3, 0.4) is 0 Å². The lowest BCUT2D eigenvalue weighted by Gasteiger charge is -2.27. The van der Waals surface area contributed by atoms with Gasteiger partial charge >= 0.3 is 6.18 Å². The Balaban J connectivity index is 3.40. The molecule has 0 fully saturated rings. The molecule has 21 heavy (non-hydrogen) atoms. The second-order valence-electron chi connectivity index (χ2n) is 4.56. The summed E-state index contributed by atoms with van der Waals surface area (Å²) in [7, 11) is -4.67. The Labute approximate surface area is 128 Å². The number of halogens is 5. The lowest BCUT2D eigenvalue weighted by Crippen LogP contribution is -2.43. The van der Waals surface area contributed by atoms with Gasteiger partial charge in [0.1, 0.15) is 17.3 Å². The summed E-state index contributed by atoms with van der Waals surface area (Å²) in [5.74, 6) is -1.18. The van der Waals surface area contributed by atoms with Crippen molar-refractivity contribution in [2.75, 3.05) is 12.3 Å². The molecule has 0 saturated heterocycles. The molecule has 2 N–H and O–H groups in total. The zero-order valence-corrected chi connectivity index (χ0v) is 13.5. The van der Waals surface area contributed by atoms with Crippen molar-refractivity contribution in [1.82, 2.24) is 4.31 Å². The fourth-order valence-corrected chi connectivity index (χ4v) is 3.61. The number of anilines is 1. The summed E-state index contributed by atoms with van der Waals surface area (Å²) in [6.45, 7) is 0.829. The van der Waals surface area contributed by atoms with Crippen LogP contribution in [0, 0.1) is 5.82 Å². The zero-order valence-electron chi connectivity index (χ0n) is 11.1. The van der Waals surface area contributed by atoms with Crippen LogP contribution < -0.4 is 5.73 Å². The maximum atomic E-state index is 13.8. The van der Waals surface area contributed by atoms with Crippen molar-refractivity contribution < 1.29 is 26.0 Å². The van der Waals surface area contributed by atoms with Gasteiger partial charge in [0.05, 0.1) is 0 Å². The van der Waals surface area contributed by atoms with Crippen molar-refractivity contribution >= 4 is 31.6 Å². The molecule has 1 aromatic rings. The van der Waals surface area contributed by atoms with Crippen molar-refractivity contribution in [2.24, 2.45) is 0 Å². The summed E-state index contributed by atoms with van der Waals surface area (Å²) in [4.78, 5) is -0.888. The van der Waals surface area contributed by atoms with Gasteiger partial charge in [0.25, 0.3) is 0 Å². The van der Waals surface area contributed by atoms with E-state index in [1.807, 2.05) is 0 Å². The molecule has 0 amide bonds. The molecular formula is C11H13BrF4N2O2S.